The van der Waals surface area contributed by atoms with E-state index in [0.29, 0.717) is 0 Å². The van der Waals surface area contributed by atoms with Gasteiger partial charge < -0.3 is 15.2 Å². The average molecular weight is 263 g/mol. The molecule has 0 bridgehead atoms. The van der Waals surface area contributed by atoms with E-state index in [4.69, 9.17) is 4.74 Å². The highest BCUT2D eigenvalue weighted by Gasteiger charge is 2.36. The molecule has 3 heteroatoms. The van der Waals surface area contributed by atoms with Crippen molar-refractivity contribution in [3.63, 3.8) is 0 Å². The number of aliphatic hydroxyl groups is 1. The molecule has 1 aliphatic rings. The van der Waals surface area contributed by atoms with Crippen molar-refractivity contribution in [2.75, 3.05) is 25.6 Å². The van der Waals surface area contributed by atoms with Crippen molar-refractivity contribution in [3.8, 4) is 5.75 Å². The molecule has 0 aliphatic heterocycles. The molecule has 0 atom stereocenters. The summed E-state index contributed by atoms with van der Waals surface area (Å²) in [5.74, 6) is 0.935. The number of hydrogen-bond acceptors (Lipinski definition) is 3. The van der Waals surface area contributed by atoms with E-state index in [-0.39, 0.29) is 12.0 Å². The summed E-state index contributed by atoms with van der Waals surface area (Å²) in [6, 6.07) is 2.19. The van der Waals surface area contributed by atoms with Gasteiger partial charge in [0.05, 0.1) is 19.4 Å². The molecule has 1 aromatic carbocycles. The molecule has 19 heavy (non-hydrogen) atoms. The van der Waals surface area contributed by atoms with Gasteiger partial charge in [0.15, 0.2) is 0 Å². The van der Waals surface area contributed by atoms with Crippen molar-refractivity contribution < 1.29 is 9.84 Å². The summed E-state index contributed by atoms with van der Waals surface area (Å²) in [6.45, 7) is 7.39. The van der Waals surface area contributed by atoms with E-state index in [2.05, 4.69) is 32.2 Å². The molecule has 1 aromatic rings. The van der Waals surface area contributed by atoms with Crippen LogP contribution in [-0.4, -0.2) is 25.4 Å². The second-order valence-electron chi connectivity index (χ2n) is 5.91. The van der Waals surface area contributed by atoms with E-state index in [0.717, 1.165) is 30.8 Å². The van der Waals surface area contributed by atoms with Crippen LogP contribution in [0.25, 0.3) is 0 Å². The first kappa shape index (κ1) is 14.2. The maximum Gasteiger partial charge on any atom is 0.145 e. The topological polar surface area (TPSA) is 41.5 Å². The first-order valence-electron chi connectivity index (χ1n) is 7.02. The first-order valence-corrected chi connectivity index (χ1v) is 7.02. The summed E-state index contributed by atoms with van der Waals surface area (Å²) in [7, 11) is 1.72. The Kier molecular flexibility index (Phi) is 4.04. The van der Waals surface area contributed by atoms with E-state index in [1.807, 2.05) is 0 Å². The van der Waals surface area contributed by atoms with Gasteiger partial charge in [-0.05, 0) is 50.3 Å². The molecule has 1 aliphatic carbocycles. The fourth-order valence-corrected chi connectivity index (χ4v) is 2.87. The second-order valence-corrected chi connectivity index (χ2v) is 5.91. The fourth-order valence-electron chi connectivity index (χ4n) is 2.87. The Morgan fingerprint density at radius 2 is 1.95 bits per heavy atom. The first-order chi connectivity index (χ1) is 9.03. The van der Waals surface area contributed by atoms with Gasteiger partial charge >= 0.3 is 0 Å². The number of nitrogens with one attached hydrogen (secondary N) is 1. The number of anilines is 1. The van der Waals surface area contributed by atoms with Crippen LogP contribution in [0.4, 0.5) is 5.69 Å². The van der Waals surface area contributed by atoms with Gasteiger partial charge in [-0.3, -0.25) is 0 Å². The molecule has 0 amide bonds. The predicted octanol–water partition coefficient (Wildman–Crippen LogP) is 3.19. The van der Waals surface area contributed by atoms with Gasteiger partial charge in [-0.1, -0.05) is 12.5 Å². The Morgan fingerprint density at radius 1 is 1.26 bits per heavy atom. The molecular formula is C16H25NO2. The van der Waals surface area contributed by atoms with Gasteiger partial charge in [-0.15, -0.1) is 0 Å². The van der Waals surface area contributed by atoms with Gasteiger partial charge in [0.25, 0.3) is 0 Å². The molecular weight excluding hydrogens is 238 g/mol. The molecule has 2 rings (SSSR count). The molecule has 0 spiro atoms. The van der Waals surface area contributed by atoms with Crippen LogP contribution in [0.3, 0.4) is 0 Å². The van der Waals surface area contributed by atoms with Crippen LogP contribution in [-0.2, 0) is 0 Å². The Labute approximate surface area is 116 Å². The summed E-state index contributed by atoms with van der Waals surface area (Å²) in [4.78, 5) is 0. The zero-order valence-electron chi connectivity index (χ0n) is 12.5. The van der Waals surface area contributed by atoms with Gasteiger partial charge in [0.1, 0.15) is 5.75 Å². The van der Waals surface area contributed by atoms with Crippen molar-refractivity contribution >= 4 is 5.69 Å². The highest BCUT2D eigenvalue weighted by molar-refractivity contribution is 5.66. The zero-order valence-corrected chi connectivity index (χ0v) is 12.5. The smallest absolute Gasteiger partial charge is 0.145 e. The highest BCUT2D eigenvalue weighted by atomic mass is 16.5. The van der Waals surface area contributed by atoms with Gasteiger partial charge in [0, 0.05) is 12.0 Å². The van der Waals surface area contributed by atoms with Crippen LogP contribution in [0, 0.1) is 26.2 Å². The molecule has 0 saturated heterocycles. The normalized spacial score (nSPS) is 16.9. The number of hydrogen-bond donors (Lipinski definition) is 2. The van der Waals surface area contributed by atoms with E-state index < -0.39 is 0 Å². The lowest BCUT2D eigenvalue weighted by molar-refractivity contribution is 0.0576. The Balaban J connectivity index is 2.22. The summed E-state index contributed by atoms with van der Waals surface area (Å²) >= 11 is 0. The molecule has 1 fully saturated rings. The number of benzene rings is 1. The average Bonchev–Trinajstić information content (AvgIpc) is 2.34. The van der Waals surface area contributed by atoms with E-state index >= 15 is 0 Å². The third-order valence-electron chi connectivity index (χ3n) is 4.58. The molecule has 106 valence electrons. The Morgan fingerprint density at radius 3 is 2.42 bits per heavy atom. The van der Waals surface area contributed by atoms with E-state index in [1.165, 1.54) is 23.1 Å². The summed E-state index contributed by atoms with van der Waals surface area (Å²) < 4.78 is 5.56. The number of aryl methyl sites for hydroxylation is 2. The Hall–Kier alpha value is -1.22. The standard InChI is InChI=1S/C16H25NO2/c1-11-8-12(2)14(15(19-4)13(11)3)17-9-16(10-18)6-5-7-16/h8,17-18H,5-7,9-10H2,1-4H3. The van der Waals surface area contributed by atoms with Gasteiger partial charge in [-0.25, -0.2) is 0 Å². The monoisotopic (exact) mass is 263 g/mol. The minimum absolute atomic E-state index is 0.0796. The number of methoxy groups -OCH3 is 1. The molecule has 3 nitrogen and oxygen atoms in total. The van der Waals surface area contributed by atoms with Crippen LogP contribution in [0.2, 0.25) is 0 Å². The molecule has 2 N–H and O–H groups in total. The SMILES string of the molecule is COc1c(C)c(C)cc(C)c1NCC1(CO)CCC1. The lowest BCUT2D eigenvalue weighted by atomic mass is 9.69. The van der Waals surface area contributed by atoms with Crippen LogP contribution >= 0.6 is 0 Å². The number of ether oxygens (including phenoxy) is 1. The summed E-state index contributed by atoms with van der Waals surface area (Å²) in [5.41, 5.74) is 4.79. The van der Waals surface area contributed by atoms with E-state index in [1.54, 1.807) is 7.11 Å². The van der Waals surface area contributed by atoms with Gasteiger partial charge in [0.2, 0.25) is 0 Å². The molecule has 1 saturated carbocycles. The quantitative estimate of drug-likeness (QED) is 0.857. The van der Waals surface area contributed by atoms with Crippen LogP contribution in [0.1, 0.15) is 36.0 Å². The molecule has 0 unspecified atom stereocenters. The maximum absolute atomic E-state index is 9.54. The second kappa shape index (κ2) is 5.41. The maximum atomic E-state index is 9.54. The number of aliphatic hydroxyl groups excluding tert-OH is 1. The van der Waals surface area contributed by atoms with Crippen molar-refractivity contribution in [1.82, 2.24) is 0 Å². The van der Waals surface area contributed by atoms with Crippen LogP contribution in [0.5, 0.6) is 5.75 Å². The molecule has 0 radical (unpaired) electrons. The van der Waals surface area contributed by atoms with Crippen LogP contribution < -0.4 is 10.1 Å². The lowest BCUT2D eigenvalue weighted by Gasteiger charge is -2.40. The van der Waals surface area contributed by atoms with Crippen molar-refractivity contribution in [1.29, 1.82) is 0 Å². The molecule has 0 aromatic heterocycles. The fraction of sp³-hybridized carbons (Fsp3) is 0.625. The highest BCUT2D eigenvalue weighted by Crippen LogP contribution is 2.42. The van der Waals surface area contributed by atoms with E-state index in [9.17, 15) is 5.11 Å². The third-order valence-corrected chi connectivity index (χ3v) is 4.58. The summed E-state index contributed by atoms with van der Waals surface area (Å²) in [6.07, 6.45) is 3.46. The minimum Gasteiger partial charge on any atom is -0.494 e. The van der Waals surface area contributed by atoms with Crippen molar-refractivity contribution in [2.45, 2.75) is 40.0 Å². The number of rotatable bonds is 5. The predicted molar refractivity (Wildman–Crippen MR) is 79.1 cm³/mol. The Bertz CT molecular complexity index is 459. The summed E-state index contributed by atoms with van der Waals surface area (Å²) in [5, 5.41) is 13.0. The minimum atomic E-state index is 0.0796. The zero-order chi connectivity index (χ0) is 14.0. The van der Waals surface area contributed by atoms with Crippen molar-refractivity contribution in [2.24, 2.45) is 5.41 Å². The lowest BCUT2D eigenvalue weighted by Crippen LogP contribution is -2.40. The molecule has 0 heterocycles. The van der Waals surface area contributed by atoms with Gasteiger partial charge in [-0.2, -0.15) is 0 Å². The third kappa shape index (κ3) is 2.57. The largest absolute Gasteiger partial charge is 0.494 e. The van der Waals surface area contributed by atoms with Crippen LogP contribution in [0.15, 0.2) is 6.07 Å². The van der Waals surface area contributed by atoms with Crippen molar-refractivity contribution in [3.05, 3.63) is 22.8 Å².